The minimum atomic E-state index is -0.989. The third-order valence-corrected chi connectivity index (χ3v) is 6.23. The van der Waals surface area contributed by atoms with Crippen LogP contribution in [0.15, 0.2) is 24.3 Å². The normalized spacial score (nSPS) is 25.5. The van der Waals surface area contributed by atoms with E-state index in [2.05, 4.69) is 5.32 Å². The minimum Gasteiger partial charge on any atom is -0.341 e. The molecule has 1 saturated heterocycles. The molecule has 1 aromatic rings. The molecule has 6 nitrogen and oxygen atoms in total. The molecule has 1 saturated carbocycles. The number of nitrogens with one attached hydrogen (secondary N) is 1. The summed E-state index contributed by atoms with van der Waals surface area (Å²) in [7, 11) is 1.79. The molecular weight excluding hydrogens is 330 g/mol. The van der Waals surface area contributed by atoms with Gasteiger partial charge >= 0.3 is 6.03 Å². The van der Waals surface area contributed by atoms with Gasteiger partial charge in [0, 0.05) is 13.1 Å². The van der Waals surface area contributed by atoms with Crippen LogP contribution in [-0.4, -0.2) is 47.3 Å². The number of hydrogen-bond donors (Lipinski definition) is 1. The average Bonchev–Trinajstić information content (AvgIpc) is 3.15. The van der Waals surface area contributed by atoms with Gasteiger partial charge in [0.25, 0.3) is 5.91 Å². The fourth-order valence-electron chi connectivity index (χ4n) is 4.65. The van der Waals surface area contributed by atoms with Crippen molar-refractivity contribution in [1.82, 2.24) is 15.1 Å². The molecule has 4 rings (SSSR count). The minimum absolute atomic E-state index is 0.163. The van der Waals surface area contributed by atoms with Gasteiger partial charge in [0.15, 0.2) is 0 Å². The van der Waals surface area contributed by atoms with Crippen molar-refractivity contribution in [1.29, 1.82) is 0 Å². The lowest BCUT2D eigenvalue weighted by molar-refractivity contribution is -0.139. The first-order valence-electron chi connectivity index (χ1n) is 9.51. The maximum absolute atomic E-state index is 13.1. The first kappa shape index (κ1) is 17.1. The number of carbonyl (C=O) groups is 3. The number of imide groups is 1. The van der Waals surface area contributed by atoms with Crippen LogP contribution >= 0.6 is 0 Å². The van der Waals surface area contributed by atoms with E-state index < -0.39 is 11.6 Å². The molecule has 1 aromatic carbocycles. The monoisotopic (exact) mass is 355 g/mol. The number of rotatable bonds is 3. The fraction of sp³-hybridized carbons (Fsp3) is 0.550. The predicted octanol–water partition coefficient (Wildman–Crippen LogP) is 2.17. The van der Waals surface area contributed by atoms with Crippen LogP contribution in [0.5, 0.6) is 0 Å². The Morgan fingerprint density at radius 1 is 1.23 bits per heavy atom. The van der Waals surface area contributed by atoms with Crippen molar-refractivity contribution >= 4 is 17.8 Å². The van der Waals surface area contributed by atoms with E-state index in [1.54, 1.807) is 11.9 Å². The topological polar surface area (TPSA) is 69.7 Å². The molecule has 4 amide bonds. The number of hydrogen-bond acceptors (Lipinski definition) is 3. The van der Waals surface area contributed by atoms with Gasteiger partial charge in [0.2, 0.25) is 5.91 Å². The van der Waals surface area contributed by atoms with Crippen LogP contribution in [0.3, 0.4) is 0 Å². The average molecular weight is 355 g/mol. The molecule has 6 heteroatoms. The van der Waals surface area contributed by atoms with Crippen LogP contribution < -0.4 is 5.32 Å². The smallest absolute Gasteiger partial charge is 0.325 e. The third kappa shape index (κ3) is 2.59. The van der Waals surface area contributed by atoms with E-state index in [4.69, 9.17) is 0 Å². The lowest BCUT2D eigenvalue weighted by Crippen LogP contribution is -2.46. The predicted molar refractivity (Wildman–Crippen MR) is 96.3 cm³/mol. The van der Waals surface area contributed by atoms with Gasteiger partial charge in [-0.25, -0.2) is 4.79 Å². The summed E-state index contributed by atoms with van der Waals surface area (Å²) < 4.78 is 0. The summed E-state index contributed by atoms with van der Waals surface area (Å²) in [4.78, 5) is 41.1. The van der Waals surface area contributed by atoms with E-state index >= 15 is 0 Å². The molecule has 2 aliphatic carbocycles. The molecule has 0 radical (unpaired) electrons. The van der Waals surface area contributed by atoms with Gasteiger partial charge in [-0.15, -0.1) is 0 Å². The highest BCUT2D eigenvalue weighted by Crippen LogP contribution is 2.41. The zero-order chi connectivity index (χ0) is 18.3. The van der Waals surface area contributed by atoms with Crippen LogP contribution in [0.25, 0.3) is 0 Å². The zero-order valence-electron chi connectivity index (χ0n) is 15.2. The standard InChI is InChI=1S/C20H25N3O3/c1-22(15-8-3-2-4-9-15)17(24)13-23-18(25)20(21-19(23)26)12-11-14-7-5-6-10-16(14)20/h5-7,10,15H,2-4,8-9,11-13H2,1H3,(H,21,26)/t20-/m1/s1. The van der Waals surface area contributed by atoms with Crippen molar-refractivity contribution in [2.75, 3.05) is 13.6 Å². The van der Waals surface area contributed by atoms with Crippen LogP contribution in [0, 0.1) is 0 Å². The molecule has 138 valence electrons. The second-order valence-corrected chi connectivity index (χ2v) is 7.68. The molecule has 0 aromatic heterocycles. The van der Waals surface area contributed by atoms with Crippen molar-refractivity contribution in [3.63, 3.8) is 0 Å². The SMILES string of the molecule is CN(C(=O)CN1C(=O)N[C@@]2(CCc3ccccc32)C1=O)C1CCCCC1. The molecule has 1 spiro atoms. The lowest BCUT2D eigenvalue weighted by Gasteiger charge is -2.32. The van der Waals surface area contributed by atoms with Crippen molar-refractivity contribution in [2.24, 2.45) is 0 Å². The second-order valence-electron chi connectivity index (χ2n) is 7.68. The summed E-state index contributed by atoms with van der Waals surface area (Å²) in [6, 6.07) is 7.49. The van der Waals surface area contributed by atoms with E-state index in [1.165, 1.54) is 6.42 Å². The highest BCUT2D eigenvalue weighted by Gasteiger charge is 2.55. The highest BCUT2D eigenvalue weighted by molar-refractivity contribution is 6.09. The molecule has 2 fully saturated rings. The maximum atomic E-state index is 13.1. The number of benzene rings is 1. The maximum Gasteiger partial charge on any atom is 0.325 e. The zero-order valence-corrected chi connectivity index (χ0v) is 15.2. The quantitative estimate of drug-likeness (QED) is 0.845. The van der Waals surface area contributed by atoms with Crippen LogP contribution in [0.4, 0.5) is 4.79 Å². The van der Waals surface area contributed by atoms with Crippen LogP contribution in [0.1, 0.15) is 49.7 Å². The first-order valence-corrected chi connectivity index (χ1v) is 9.51. The lowest BCUT2D eigenvalue weighted by atomic mass is 9.92. The van der Waals surface area contributed by atoms with Gasteiger partial charge in [-0.2, -0.15) is 0 Å². The number of aryl methyl sites for hydroxylation is 1. The molecule has 26 heavy (non-hydrogen) atoms. The number of urea groups is 1. The Labute approximate surface area is 153 Å². The summed E-state index contributed by atoms with van der Waals surface area (Å²) >= 11 is 0. The number of likely N-dealkylation sites (N-methyl/N-ethyl adjacent to an activating group) is 1. The number of carbonyl (C=O) groups excluding carboxylic acids is 3. The molecule has 0 bridgehead atoms. The number of fused-ring (bicyclic) bond motifs is 2. The summed E-state index contributed by atoms with van der Waals surface area (Å²) in [5, 5.41) is 2.88. The largest absolute Gasteiger partial charge is 0.341 e. The van der Waals surface area contributed by atoms with Gasteiger partial charge in [0.05, 0.1) is 0 Å². The molecule has 1 aliphatic heterocycles. The second kappa shape index (κ2) is 6.41. The fourth-order valence-corrected chi connectivity index (χ4v) is 4.65. The van der Waals surface area contributed by atoms with Crippen molar-refractivity contribution in [3.8, 4) is 0 Å². The van der Waals surface area contributed by atoms with E-state index in [-0.39, 0.29) is 24.4 Å². The van der Waals surface area contributed by atoms with E-state index in [0.717, 1.165) is 48.1 Å². The Hall–Kier alpha value is -2.37. The van der Waals surface area contributed by atoms with Crippen LogP contribution in [0.2, 0.25) is 0 Å². The van der Waals surface area contributed by atoms with Gasteiger partial charge < -0.3 is 10.2 Å². The Bertz CT molecular complexity index is 756. The van der Waals surface area contributed by atoms with Gasteiger partial charge in [-0.3, -0.25) is 14.5 Å². The van der Waals surface area contributed by atoms with Crippen molar-refractivity contribution in [2.45, 2.75) is 56.5 Å². The number of amides is 4. The van der Waals surface area contributed by atoms with Crippen molar-refractivity contribution < 1.29 is 14.4 Å². The van der Waals surface area contributed by atoms with Gasteiger partial charge in [-0.05, 0) is 36.8 Å². The number of nitrogens with zero attached hydrogens (tertiary/aromatic N) is 2. The first-order chi connectivity index (χ1) is 12.5. The summed E-state index contributed by atoms with van der Waals surface area (Å²) in [5.74, 6) is -0.457. The Kier molecular flexibility index (Phi) is 4.21. The van der Waals surface area contributed by atoms with Gasteiger partial charge in [-0.1, -0.05) is 43.5 Å². The van der Waals surface area contributed by atoms with E-state index in [9.17, 15) is 14.4 Å². The molecule has 0 unspecified atom stereocenters. The highest BCUT2D eigenvalue weighted by atomic mass is 16.2. The summed E-state index contributed by atoms with van der Waals surface area (Å²) in [5.41, 5.74) is 0.972. The molecule has 1 N–H and O–H groups in total. The van der Waals surface area contributed by atoms with Crippen molar-refractivity contribution in [3.05, 3.63) is 35.4 Å². The third-order valence-electron chi connectivity index (χ3n) is 6.23. The van der Waals surface area contributed by atoms with E-state index in [1.807, 2.05) is 24.3 Å². The van der Waals surface area contributed by atoms with E-state index in [0.29, 0.717) is 6.42 Å². The Balaban J connectivity index is 1.51. The molecular formula is C20H25N3O3. The molecule has 1 heterocycles. The Morgan fingerprint density at radius 3 is 2.73 bits per heavy atom. The van der Waals surface area contributed by atoms with Crippen LogP contribution in [-0.2, 0) is 21.5 Å². The Morgan fingerprint density at radius 2 is 1.96 bits per heavy atom. The summed E-state index contributed by atoms with van der Waals surface area (Å²) in [6.45, 7) is -0.179. The molecule has 1 atom stereocenters. The molecule has 3 aliphatic rings. The summed E-state index contributed by atoms with van der Waals surface area (Å²) in [6.07, 6.45) is 6.79. The van der Waals surface area contributed by atoms with Gasteiger partial charge in [0.1, 0.15) is 12.1 Å².